The molecule has 2 heterocycles. The van der Waals surface area contributed by atoms with Crippen LogP contribution in [0.1, 0.15) is 33.1 Å². The van der Waals surface area contributed by atoms with Gasteiger partial charge in [0.2, 0.25) is 5.89 Å². The Hall–Kier alpha value is -0.710. The van der Waals surface area contributed by atoms with Crippen molar-refractivity contribution in [3.8, 4) is 0 Å². The highest BCUT2D eigenvalue weighted by molar-refractivity contribution is 7.99. The third-order valence-electron chi connectivity index (χ3n) is 3.59. The van der Waals surface area contributed by atoms with Crippen molar-refractivity contribution in [2.75, 3.05) is 19.0 Å². The number of aromatic nitrogens is 1. The van der Waals surface area contributed by atoms with E-state index in [2.05, 4.69) is 25.8 Å². The summed E-state index contributed by atoms with van der Waals surface area (Å²) in [6.45, 7) is 8.02. The van der Waals surface area contributed by atoms with Gasteiger partial charge in [0, 0.05) is 17.8 Å². The molecule has 0 bridgehead atoms. The Labute approximate surface area is 134 Å². The molecule has 1 saturated heterocycles. The minimum Gasteiger partial charge on any atom is -0.439 e. The van der Waals surface area contributed by atoms with Crippen LogP contribution in [0.15, 0.2) is 21.4 Å². The van der Waals surface area contributed by atoms with Crippen molar-refractivity contribution in [3.63, 3.8) is 0 Å². The second-order valence-electron chi connectivity index (χ2n) is 6.53. The molecular weight excluding hydrogens is 306 g/mol. The molecule has 1 aromatic carbocycles. The molecule has 3 nitrogen and oxygen atoms in total. The summed E-state index contributed by atoms with van der Waals surface area (Å²) < 4.78 is 11.4. The quantitative estimate of drug-likeness (QED) is 0.751. The molecule has 0 unspecified atom stereocenters. The van der Waals surface area contributed by atoms with Crippen LogP contribution in [0.4, 0.5) is 0 Å². The van der Waals surface area contributed by atoms with Crippen molar-refractivity contribution in [1.82, 2.24) is 4.98 Å². The predicted octanol–water partition coefficient (Wildman–Crippen LogP) is 4.91. The first-order valence-corrected chi connectivity index (χ1v) is 8.61. The molecule has 1 atom stereocenters. The van der Waals surface area contributed by atoms with Gasteiger partial charge in [-0.15, -0.1) is 11.8 Å². The maximum atomic E-state index is 6.37. The number of hydrogen-bond donors (Lipinski definition) is 0. The lowest BCUT2D eigenvalue weighted by Crippen LogP contribution is -2.10. The highest BCUT2D eigenvalue weighted by atomic mass is 35.5. The van der Waals surface area contributed by atoms with Crippen molar-refractivity contribution in [3.05, 3.63) is 23.0 Å². The number of thioether (sulfide) groups is 1. The number of nitrogens with zero attached hydrogens (tertiary/aromatic N) is 1. The van der Waals surface area contributed by atoms with Crippen LogP contribution in [-0.4, -0.2) is 24.0 Å². The molecule has 1 aromatic heterocycles. The molecule has 114 valence electrons. The Kier molecular flexibility index (Phi) is 4.21. The van der Waals surface area contributed by atoms with Gasteiger partial charge in [-0.3, -0.25) is 0 Å². The summed E-state index contributed by atoms with van der Waals surface area (Å²) in [5, 5.41) is 0.739. The van der Waals surface area contributed by atoms with Gasteiger partial charge in [0.1, 0.15) is 5.52 Å². The summed E-state index contributed by atoms with van der Waals surface area (Å²) in [7, 11) is 0. The summed E-state index contributed by atoms with van der Waals surface area (Å²) in [6, 6.07) is 3.84. The zero-order valence-electron chi connectivity index (χ0n) is 12.6. The molecule has 3 rings (SSSR count). The van der Waals surface area contributed by atoms with E-state index in [9.17, 15) is 0 Å². The smallest absolute Gasteiger partial charge is 0.200 e. The van der Waals surface area contributed by atoms with Gasteiger partial charge in [-0.05, 0) is 24.5 Å². The number of oxazole rings is 1. The number of benzene rings is 1. The average Bonchev–Trinajstić information content (AvgIpc) is 3.05. The largest absolute Gasteiger partial charge is 0.439 e. The molecule has 1 aliphatic rings. The van der Waals surface area contributed by atoms with Gasteiger partial charge in [-0.2, -0.15) is 0 Å². The van der Waals surface area contributed by atoms with Crippen LogP contribution in [0.3, 0.4) is 0 Å². The Morgan fingerprint density at radius 2 is 2.19 bits per heavy atom. The first-order chi connectivity index (χ1) is 9.95. The Morgan fingerprint density at radius 3 is 2.86 bits per heavy atom. The van der Waals surface area contributed by atoms with Crippen LogP contribution in [0.2, 0.25) is 5.02 Å². The summed E-state index contributed by atoms with van der Waals surface area (Å²) in [5.41, 5.74) is 1.60. The first-order valence-electron chi connectivity index (χ1n) is 7.25. The van der Waals surface area contributed by atoms with Crippen molar-refractivity contribution in [2.24, 2.45) is 5.92 Å². The molecule has 0 radical (unpaired) electrons. The minimum absolute atomic E-state index is 0.104. The van der Waals surface area contributed by atoms with Gasteiger partial charge in [-0.1, -0.05) is 32.4 Å². The molecule has 21 heavy (non-hydrogen) atoms. The van der Waals surface area contributed by atoms with E-state index >= 15 is 0 Å². The third-order valence-corrected chi connectivity index (χ3v) is 5.35. The van der Waals surface area contributed by atoms with E-state index in [0.717, 1.165) is 52.3 Å². The summed E-state index contributed by atoms with van der Waals surface area (Å²) in [5.74, 6) is 2.36. The van der Waals surface area contributed by atoms with Crippen LogP contribution >= 0.6 is 23.4 Å². The molecule has 0 aliphatic carbocycles. The fourth-order valence-corrected chi connectivity index (χ4v) is 3.78. The van der Waals surface area contributed by atoms with Crippen molar-refractivity contribution in [2.45, 2.75) is 37.5 Å². The van der Waals surface area contributed by atoms with E-state index in [1.54, 1.807) is 11.8 Å². The Bertz CT molecular complexity index is 641. The van der Waals surface area contributed by atoms with E-state index in [4.69, 9.17) is 20.8 Å². The van der Waals surface area contributed by atoms with Gasteiger partial charge < -0.3 is 9.15 Å². The molecule has 1 fully saturated rings. The molecule has 0 saturated carbocycles. The molecule has 5 heteroatoms. The molecule has 2 aromatic rings. The van der Waals surface area contributed by atoms with Gasteiger partial charge in [0.05, 0.1) is 16.5 Å². The van der Waals surface area contributed by atoms with Crippen molar-refractivity contribution in [1.29, 1.82) is 0 Å². The van der Waals surface area contributed by atoms with Gasteiger partial charge in [0.25, 0.3) is 0 Å². The summed E-state index contributed by atoms with van der Waals surface area (Å²) >= 11 is 8.12. The maximum Gasteiger partial charge on any atom is 0.200 e. The fraction of sp³-hybridized carbons (Fsp3) is 0.562. The second-order valence-corrected chi connectivity index (χ2v) is 7.97. The van der Waals surface area contributed by atoms with Crippen LogP contribution in [0, 0.1) is 5.92 Å². The van der Waals surface area contributed by atoms with Crippen molar-refractivity contribution >= 4 is 34.5 Å². The highest BCUT2D eigenvalue weighted by Crippen LogP contribution is 2.38. The van der Waals surface area contributed by atoms with Crippen LogP contribution in [-0.2, 0) is 10.2 Å². The first kappa shape index (κ1) is 15.2. The third kappa shape index (κ3) is 3.22. The topological polar surface area (TPSA) is 35.3 Å². The molecule has 0 amide bonds. The standard InChI is InChI=1S/C16H20ClNO2S/c1-16(2,3)15-18-12-5-4-11(17)14(13(12)20-15)21-9-10-6-7-19-8-10/h4-5,10H,6-9H2,1-3H3/t10-/m1/s1. The number of hydrogen-bond acceptors (Lipinski definition) is 4. The lowest BCUT2D eigenvalue weighted by molar-refractivity contribution is 0.189. The van der Waals surface area contributed by atoms with Gasteiger partial charge in [0.15, 0.2) is 5.58 Å². The maximum absolute atomic E-state index is 6.37. The lowest BCUT2D eigenvalue weighted by atomic mass is 9.97. The fourth-order valence-electron chi connectivity index (χ4n) is 2.32. The zero-order valence-corrected chi connectivity index (χ0v) is 14.2. The van der Waals surface area contributed by atoms with Crippen LogP contribution in [0.25, 0.3) is 11.1 Å². The summed E-state index contributed by atoms with van der Waals surface area (Å²) in [6.07, 6.45) is 1.13. The predicted molar refractivity (Wildman–Crippen MR) is 87.4 cm³/mol. The zero-order chi connectivity index (χ0) is 15.0. The SMILES string of the molecule is CC(C)(C)c1nc2ccc(Cl)c(SC[C@@H]3CCOC3)c2o1. The molecular formula is C16H20ClNO2S. The average molecular weight is 326 g/mol. The van der Waals surface area contributed by atoms with Gasteiger partial charge in [-0.25, -0.2) is 4.98 Å². The van der Waals surface area contributed by atoms with Crippen molar-refractivity contribution < 1.29 is 9.15 Å². The molecule has 1 aliphatic heterocycles. The van der Waals surface area contributed by atoms with E-state index < -0.39 is 0 Å². The lowest BCUT2D eigenvalue weighted by Gasteiger charge is -2.12. The second kappa shape index (κ2) is 5.82. The Balaban J connectivity index is 1.91. The van der Waals surface area contributed by atoms with E-state index in [0.29, 0.717) is 5.92 Å². The number of rotatable bonds is 3. The van der Waals surface area contributed by atoms with Gasteiger partial charge >= 0.3 is 0 Å². The number of fused-ring (bicyclic) bond motifs is 1. The molecule has 0 spiro atoms. The van der Waals surface area contributed by atoms with E-state index in [-0.39, 0.29) is 5.41 Å². The summed E-state index contributed by atoms with van der Waals surface area (Å²) in [4.78, 5) is 5.61. The minimum atomic E-state index is -0.104. The Morgan fingerprint density at radius 1 is 1.38 bits per heavy atom. The van der Waals surface area contributed by atoms with E-state index in [1.807, 2.05) is 12.1 Å². The molecule has 0 N–H and O–H groups in total. The number of ether oxygens (including phenoxy) is 1. The van der Waals surface area contributed by atoms with E-state index in [1.165, 1.54) is 0 Å². The van der Waals surface area contributed by atoms with Crippen LogP contribution in [0.5, 0.6) is 0 Å². The monoisotopic (exact) mass is 325 g/mol. The number of halogens is 1. The van der Waals surface area contributed by atoms with Crippen LogP contribution < -0.4 is 0 Å². The normalized spacial score (nSPS) is 19.5. The highest BCUT2D eigenvalue weighted by Gasteiger charge is 2.24.